The molecule has 1 amide bonds. The molecule has 3 N–H and O–H groups in total. The summed E-state index contributed by atoms with van der Waals surface area (Å²) >= 11 is 1.41. The minimum atomic E-state index is -0.919. The summed E-state index contributed by atoms with van der Waals surface area (Å²) in [7, 11) is 0. The number of anilines is 1. The summed E-state index contributed by atoms with van der Waals surface area (Å²) in [5, 5.41) is 14.8. The number of benzene rings is 2. The topological polar surface area (TPSA) is 131 Å². The number of nitrogens with zero attached hydrogens (tertiary/aromatic N) is 3. The van der Waals surface area contributed by atoms with Crippen LogP contribution in [0, 0.1) is 17.0 Å². The number of halogens is 2. The first-order valence-electron chi connectivity index (χ1n) is 12.9. The summed E-state index contributed by atoms with van der Waals surface area (Å²) in [6, 6.07) is 8.02. The lowest BCUT2D eigenvalue weighted by molar-refractivity contribution is 0.102. The number of carbonyl (C=O) groups is 1. The molecule has 1 aliphatic heterocycles. The lowest BCUT2D eigenvalue weighted by Crippen LogP contribution is -2.42. The largest absolute Gasteiger partial charge is 0.452 e. The molecular weight excluding hydrogens is 578 g/mol. The van der Waals surface area contributed by atoms with Crippen molar-refractivity contribution in [1.29, 1.82) is 5.41 Å². The van der Waals surface area contributed by atoms with Crippen LogP contribution in [-0.2, 0) is 0 Å². The van der Waals surface area contributed by atoms with Crippen molar-refractivity contribution in [1.82, 2.24) is 19.4 Å². The summed E-state index contributed by atoms with van der Waals surface area (Å²) in [6.07, 6.45) is 7.00. The number of hydrogen-bond acceptors (Lipinski definition) is 8. The summed E-state index contributed by atoms with van der Waals surface area (Å²) in [6.45, 7) is 3.40. The molecule has 0 saturated heterocycles. The van der Waals surface area contributed by atoms with Gasteiger partial charge in [-0.1, -0.05) is 0 Å². The van der Waals surface area contributed by atoms with Crippen LogP contribution < -0.4 is 26.6 Å². The molecule has 0 unspecified atom stereocenters. The monoisotopic (exact) mass is 602 g/mol. The molecule has 0 aliphatic carbocycles. The third-order valence-corrected chi connectivity index (χ3v) is 6.91. The maximum atomic E-state index is 15.2. The number of aromatic nitrogens is 3. The highest BCUT2D eigenvalue weighted by atomic mass is 32.1. The fourth-order valence-electron chi connectivity index (χ4n) is 4.18. The minimum absolute atomic E-state index is 0.0268. The Bertz CT molecular complexity index is 1920. The molecule has 0 bridgehead atoms. The second kappa shape index (κ2) is 12.2. The molecule has 0 atom stereocenters. The molecule has 1 aliphatic rings. The number of carbonyl (C=O) groups excluding carboxylic acids is 1. The van der Waals surface area contributed by atoms with Gasteiger partial charge in [0.15, 0.2) is 17.3 Å². The standard InChI is InChI=1S/C30H24F2N6O4S/c1-17(2)37-14-22(29(40)38(30(37)41)21-6-3-19(31)4-7-21)28(39)36-20-5-8-26(23(32)12-20)42-27-11-18(25-15-43-16-35-25)13-34-24(27)9-10-33/h3-17,33-34H,1-2H3,(H,36,39)/b24-9-,33-10?. The zero-order valence-corrected chi connectivity index (χ0v) is 23.6. The predicted octanol–water partition coefficient (Wildman–Crippen LogP) is 5.01. The van der Waals surface area contributed by atoms with Crippen LogP contribution in [0.5, 0.6) is 5.75 Å². The van der Waals surface area contributed by atoms with Gasteiger partial charge in [-0.05, 0) is 62.4 Å². The molecule has 218 valence electrons. The highest BCUT2D eigenvalue weighted by Crippen LogP contribution is 2.29. The highest BCUT2D eigenvalue weighted by molar-refractivity contribution is 7.07. The Labute approximate surface area is 247 Å². The van der Waals surface area contributed by atoms with E-state index in [1.165, 1.54) is 46.2 Å². The van der Waals surface area contributed by atoms with E-state index in [9.17, 15) is 18.8 Å². The Kier molecular flexibility index (Phi) is 8.25. The molecule has 5 rings (SSSR count). The lowest BCUT2D eigenvalue weighted by atomic mass is 10.1. The van der Waals surface area contributed by atoms with Crippen LogP contribution in [-0.4, -0.2) is 26.2 Å². The molecular formula is C30H24F2N6O4S. The van der Waals surface area contributed by atoms with E-state index in [1.54, 1.807) is 31.6 Å². The SMILES string of the molecule is CC(C)n1cc(C(=O)Nc2ccc(OC3=CC(c4cscn4)=CN/C3=C\C=N)c(F)c2)c(=O)n(-c2ccc(F)cc2)c1=O. The quantitative estimate of drug-likeness (QED) is 0.243. The van der Waals surface area contributed by atoms with Crippen molar-refractivity contribution in [3.8, 4) is 11.4 Å². The van der Waals surface area contributed by atoms with E-state index < -0.39 is 34.8 Å². The summed E-state index contributed by atoms with van der Waals surface area (Å²) in [5.41, 5.74) is 1.59. The second-order valence-electron chi connectivity index (χ2n) is 9.52. The van der Waals surface area contributed by atoms with Crippen LogP contribution in [0.4, 0.5) is 14.5 Å². The van der Waals surface area contributed by atoms with E-state index in [2.05, 4.69) is 15.6 Å². The van der Waals surface area contributed by atoms with Crippen molar-refractivity contribution in [3.63, 3.8) is 0 Å². The molecule has 0 saturated carbocycles. The molecule has 2 aromatic carbocycles. The van der Waals surface area contributed by atoms with Gasteiger partial charge in [0.25, 0.3) is 11.5 Å². The number of nitrogens with one attached hydrogen (secondary N) is 3. The third kappa shape index (κ3) is 6.11. The van der Waals surface area contributed by atoms with E-state index in [0.717, 1.165) is 35.2 Å². The zero-order chi connectivity index (χ0) is 30.7. The minimum Gasteiger partial charge on any atom is -0.452 e. The molecule has 0 radical (unpaired) electrons. The van der Waals surface area contributed by atoms with Gasteiger partial charge >= 0.3 is 5.69 Å². The second-order valence-corrected chi connectivity index (χ2v) is 10.2. The molecule has 43 heavy (non-hydrogen) atoms. The number of dihydropyridines is 1. The van der Waals surface area contributed by atoms with Gasteiger partial charge in [0.1, 0.15) is 11.4 Å². The van der Waals surface area contributed by atoms with Crippen LogP contribution in [0.3, 0.4) is 0 Å². The first kappa shape index (κ1) is 29.1. The molecule has 13 heteroatoms. The van der Waals surface area contributed by atoms with Gasteiger partial charge < -0.3 is 20.8 Å². The van der Waals surface area contributed by atoms with Crippen molar-refractivity contribution < 1.29 is 18.3 Å². The number of hydrogen-bond donors (Lipinski definition) is 3. The Morgan fingerprint density at radius 1 is 1.16 bits per heavy atom. The van der Waals surface area contributed by atoms with Crippen LogP contribution in [0.1, 0.15) is 35.9 Å². The van der Waals surface area contributed by atoms with Gasteiger partial charge in [-0.25, -0.2) is 23.1 Å². The van der Waals surface area contributed by atoms with Gasteiger partial charge in [0.05, 0.1) is 22.6 Å². The van der Waals surface area contributed by atoms with Crippen molar-refractivity contribution in [2.24, 2.45) is 0 Å². The molecule has 4 aromatic rings. The van der Waals surface area contributed by atoms with Crippen LogP contribution in [0.2, 0.25) is 0 Å². The number of thiazole rings is 1. The molecule has 0 spiro atoms. The van der Waals surface area contributed by atoms with Gasteiger partial charge in [0.2, 0.25) is 0 Å². The predicted molar refractivity (Wildman–Crippen MR) is 160 cm³/mol. The number of ether oxygens (including phenoxy) is 1. The van der Waals surface area contributed by atoms with E-state index in [0.29, 0.717) is 17.0 Å². The van der Waals surface area contributed by atoms with Crippen molar-refractivity contribution >= 4 is 34.7 Å². The maximum absolute atomic E-state index is 15.2. The number of amides is 1. The first-order valence-corrected chi connectivity index (χ1v) is 13.8. The highest BCUT2D eigenvalue weighted by Gasteiger charge is 2.21. The van der Waals surface area contributed by atoms with Gasteiger partial charge in [0, 0.05) is 47.4 Å². The fraction of sp³-hybridized carbons (Fsp3) is 0.100. The van der Waals surface area contributed by atoms with Gasteiger partial charge in [-0.2, -0.15) is 0 Å². The molecule has 2 aromatic heterocycles. The molecule has 0 fully saturated rings. The van der Waals surface area contributed by atoms with E-state index in [-0.39, 0.29) is 28.4 Å². The number of rotatable bonds is 8. The molecule has 10 nitrogen and oxygen atoms in total. The smallest absolute Gasteiger partial charge is 0.335 e. The van der Waals surface area contributed by atoms with Gasteiger partial charge in [-0.3, -0.25) is 14.2 Å². The summed E-state index contributed by atoms with van der Waals surface area (Å²) < 4.78 is 36.5. The van der Waals surface area contributed by atoms with Gasteiger partial charge in [-0.15, -0.1) is 11.3 Å². The molecule has 3 heterocycles. The van der Waals surface area contributed by atoms with Crippen molar-refractivity contribution in [3.05, 3.63) is 133 Å². The van der Waals surface area contributed by atoms with E-state index in [1.807, 2.05) is 5.38 Å². The van der Waals surface area contributed by atoms with Crippen LogP contribution >= 0.6 is 11.3 Å². The third-order valence-electron chi connectivity index (χ3n) is 6.32. The zero-order valence-electron chi connectivity index (χ0n) is 22.8. The average Bonchev–Trinajstić information content (AvgIpc) is 3.51. The van der Waals surface area contributed by atoms with Crippen molar-refractivity contribution in [2.75, 3.05) is 5.32 Å². The van der Waals surface area contributed by atoms with E-state index in [4.69, 9.17) is 10.1 Å². The summed E-state index contributed by atoms with van der Waals surface area (Å²) in [4.78, 5) is 43.8. The Hall–Kier alpha value is -5.43. The Morgan fingerprint density at radius 3 is 2.58 bits per heavy atom. The lowest BCUT2D eigenvalue weighted by Gasteiger charge is -2.19. The average molecular weight is 603 g/mol. The Morgan fingerprint density at radius 2 is 1.93 bits per heavy atom. The normalized spacial score (nSPS) is 13.7. The Balaban J connectivity index is 1.43. The number of allylic oxidation sites excluding steroid dienone is 3. The summed E-state index contributed by atoms with van der Waals surface area (Å²) in [5.74, 6) is -2.17. The maximum Gasteiger partial charge on any atom is 0.335 e. The van der Waals surface area contributed by atoms with Crippen LogP contribution in [0.15, 0.2) is 98.9 Å². The van der Waals surface area contributed by atoms with E-state index >= 15 is 4.39 Å². The fourth-order valence-corrected chi connectivity index (χ4v) is 4.74. The first-order chi connectivity index (χ1) is 20.7. The van der Waals surface area contributed by atoms with Crippen LogP contribution in [0.25, 0.3) is 11.3 Å². The van der Waals surface area contributed by atoms with Crippen molar-refractivity contribution in [2.45, 2.75) is 19.9 Å².